The topological polar surface area (TPSA) is 50.2 Å². The first-order chi connectivity index (χ1) is 16.2. The normalized spacial score (nSPS) is 12.8. The maximum Gasteiger partial charge on any atom is 0.155 e. The Labute approximate surface area is 219 Å². The molecule has 0 spiro atoms. The summed E-state index contributed by atoms with van der Waals surface area (Å²) in [7, 11) is 0. The number of carbonyl (C=O) groups excluding carboxylic acids is 1. The van der Waals surface area contributed by atoms with Crippen molar-refractivity contribution in [3.05, 3.63) is 89.1 Å². The van der Waals surface area contributed by atoms with Crippen molar-refractivity contribution in [2.24, 2.45) is 0 Å². The molecule has 1 radical (unpaired) electrons. The van der Waals surface area contributed by atoms with Gasteiger partial charge in [0, 0.05) is 32.4 Å². The second-order valence-corrected chi connectivity index (χ2v) is 9.19. The Kier molecular flexibility index (Phi) is 8.58. The number of nitrogens with zero attached hydrogens (tertiary/aromatic N) is 1. The third-order valence-corrected chi connectivity index (χ3v) is 6.16. The molecule has 0 aliphatic heterocycles. The third-order valence-electron chi connectivity index (χ3n) is 6.16. The zero-order chi connectivity index (χ0) is 24.4. The molecule has 0 saturated carbocycles. The van der Waals surface area contributed by atoms with Crippen molar-refractivity contribution < 1.29 is 34.4 Å². The second-order valence-electron chi connectivity index (χ2n) is 9.19. The first kappa shape index (κ1) is 26.7. The van der Waals surface area contributed by atoms with Gasteiger partial charge in [-0.3, -0.25) is 4.79 Å². The van der Waals surface area contributed by atoms with Crippen LogP contribution in [0.5, 0.6) is 0 Å². The number of benzene rings is 3. The van der Waals surface area contributed by atoms with Gasteiger partial charge in [-0.2, -0.15) is 0 Å². The SMILES string of the molecule is CC(=O)/C=C(/C)O.CC(C)c1cc(-c2nccc3c2ccc2cc(F)ccc23)[c-]c2c1CCC2.[Ir]. The molecule has 1 heterocycles. The number of aliphatic hydroxyl groups is 1. The van der Waals surface area contributed by atoms with Crippen LogP contribution in [0.15, 0.2) is 60.5 Å². The van der Waals surface area contributed by atoms with Crippen molar-refractivity contribution in [1.82, 2.24) is 4.98 Å². The summed E-state index contributed by atoms with van der Waals surface area (Å²) in [6, 6.07) is 17.0. The average molecular weight is 647 g/mol. The van der Waals surface area contributed by atoms with E-state index >= 15 is 0 Å². The maximum atomic E-state index is 13.6. The molecular weight excluding hydrogens is 618 g/mol. The minimum absolute atomic E-state index is 0. The summed E-state index contributed by atoms with van der Waals surface area (Å²) in [5, 5.41) is 12.5. The predicted octanol–water partition coefficient (Wildman–Crippen LogP) is 7.64. The number of aliphatic hydroxyl groups excluding tert-OH is 1. The minimum atomic E-state index is -0.204. The van der Waals surface area contributed by atoms with Crippen molar-refractivity contribution in [1.29, 1.82) is 0 Å². The van der Waals surface area contributed by atoms with Crippen LogP contribution >= 0.6 is 0 Å². The second kappa shape index (κ2) is 11.2. The van der Waals surface area contributed by atoms with Crippen LogP contribution in [0.3, 0.4) is 0 Å². The van der Waals surface area contributed by atoms with Crippen LogP contribution in [0.2, 0.25) is 0 Å². The van der Waals surface area contributed by atoms with Crippen molar-refractivity contribution in [3.8, 4) is 11.3 Å². The van der Waals surface area contributed by atoms with Gasteiger partial charge in [0.1, 0.15) is 5.82 Å². The zero-order valence-corrected chi connectivity index (χ0v) is 22.8. The van der Waals surface area contributed by atoms with Gasteiger partial charge in [0.2, 0.25) is 0 Å². The van der Waals surface area contributed by atoms with Crippen LogP contribution in [-0.4, -0.2) is 15.9 Å². The van der Waals surface area contributed by atoms with Crippen LogP contribution in [0.1, 0.15) is 56.7 Å². The van der Waals surface area contributed by atoms with Gasteiger partial charge in [0.15, 0.2) is 5.78 Å². The van der Waals surface area contributed by atoms with E-state index in [0.717, 1.165) is 39.2 Å². The summed E-state index contributed by atoms with van der Waals surface area (Å²) >= 11 is 0. The van der Waals surface area contributed by atoms with Gasteiger partial charge in [0.25, 0.3) is 0 Å². The Morgan fingerprint density at radius 1 is 1.06 bits per heavy atom. The van der Waals surface area contributed by atoms with E-state index in [4.69, 9.17) is 10.1 Å². The number of hydrogen-bond donors (Lipinski definition) is 1. The maximum absolute atomic E-state index is 13.6. The molecule has 1 N–H and O–H groups in total. The molecule has 0 amide bonds. The number of ketones is 1. The fourth-order valence-corrected chi connectivity index (χ4v) is 4.76. The average Bonchev–Trinajstić information content (AvgIpc) is 3.25. The molecule has 1 aliphatic carbocycles. The zero-order valence-electron chi connectivity index (χ0n) is 20.4. The molecule has 0 atom stereocenters. The fraction of sp³-hybridized carbons (Fsp3) is 0.267. The molecule has 3 nitrogen and oxygen atoms in total. The van der Waals surface area contributed by atoms with Gasteiger partial charge >= 0.3 is 0 Å². The molecule has 183 valence electrons. The molecule has 0 unspecified atom stereocenters. The van der Waals surface area contributed by atoms with Crippen LogP contribution in [0, 0.1) is 11.9 Å². The van der Waals surface area contributed by atoms with Crippen molar-refractivity contribution in [2.75, 3.05) is 0 Å². The number of pyridine rings is 1. The Hall–Kier alpha value is -2.88. The number of aromatic nitrogens is 1. The number of fused-ring (bicyclic) bond motifs is 4. The molecule has 0 fully saturated rings. The number of carbonyl (C=O) groups is 1. The van der Waals surface area contributed by atoms with Crippen LogP contribution in [0.4, 0.5) is 4.39 Å². The summed E-state index contributed by atoms with van der Waals surface area (Å²) in [4.78, 5) is 14.7. The van der Waals surface area contributed by atoms with Crippen LogP contribution in [0.25, 0.3) is 32.8 Å². The van der Waals surface area contributed by atoms with E-state index < -0.39 is 0 Å². The first-order valence-corrected chi connectivity index (χ1v) is 11.7. The van der Waals surface area contributed by atoms with Gasteiger partial charge in [-0.05, 0) is 71.6 Å². The fourth-order valence-electron chi connectivity index (χ4n) is 4.76. The van der Waals surface area contributed by atoms with Crippen molar-refractivity contribution >= 4 is 27.3 Å². The van der Waals surface area contributed by atoms with E-state index in [1.165, 1.54) is 55.5 Å². The molecule has 0 saturated heterocycles. The largest absolute Gasteiger partial charge is 0.512 e. The standard InChI is InChI=1S/C25H21FN.C5H8O2.Ir/c1-15(2)24-14-18(12-16-4-3-5-20(16)24)25-23-8-6-17-13-19(26)7-9-21(17)22(23)10-11-27-25;1-4(6)3-5(2)7;/h6-11,13-15H,3-5H2,1-2H3;3,6H,1-2H3;/q-1;;/b;4-3-;. The quantitative estimate of drug-likeness (QED) is 0.108. The number of rotatable bonds is 3. The van der Waals surface area contributed by atoms with Gasteiger partial charge < -0.3 is 10.1 Å². The van der Waals surface area contributed by atoms with E-state index in [2.05, 4.69) is 32.0 Å². The number of allylic oxidation sites excluding steroid dienone is 2. The van der Waals surface area contributed by atoms with Gasteiger partial charge in [-0.25, -0.2) is 4.39 Å². The molecule has 5 rings (SSSR count). The van der Waals surface area contributed by atoms with Crippen LogP contribution in [-0.2, 0) is 37.7 Å². The van der Waals surface area contributed by atoms with Crippen molar-refractivity contribution in [2.45, 2.75) is 52.9 Å². The summed E-state index contributed by atoms with van der Waals surface area (Å²) in [6.45, 7) is 7.37. The smallest absolute Gasteiger partial charge is 0.155 e. The Balaban J connectivity index is 0.000000378. The van der Waals surface area contributed by atoms with Gasteiger partial charge in [-0.15, -0.1) is 34.4 Å². The molecule has 4 aromatic rings. The summed E-state index contributed by atoms with van der Waals surface area (Å²) in [5.41, 5.74) is 6.33. The van der Waals surface area contributed by atoms with E-state index in [-0.39, 0.29) is 37.5 Å². The summed E-state index contributed by atoms with van der Waals surface area (Å²) in [6.07, 6.45) is 6.51. The van der Waals surface area contributed by atoms with E-state index in [9.17, 15) is 9.18 Å². The third kappa shape index (κ3) is 5.86. The molecule has 3 aromatic carbocycles. The molecule has 5 heteroatoms. The van der Waals surface area contributed by atoms with Crippen molar-refractivity contribution in [3.63, 3.8) is 0 Å². The molecule has 1 aromatic heterocycles. The molecule has 1 aliphatic rings. The molecule has 0 bridgehead atoms. The molecular formula is C30H29FIrNO2-. The van der Waals surface area contributed by atoms with Gasteiger partial charge in [-0.1, -0.05) is 44.9 Å². The first-order valence-electron chi connectivity index (χ1n) is 11.7. The van der Waals surface area contributed by atoms with Crippen LogP contribution < -0.4 is 0 Å². The van der Waals surface area contributed by atoms with E-state index in [1.54, 1.807) is 6.07 Å². The van der Waals surface area contributed by atoms with Gasteiger partial charge in [0.05, 0.1) is 5.76 Å². The van der Waals surface area contributed by atoms with E-state index in [1.807, 2.05) is 24.4 Å². The Bertz CT molecular complexity index is 1420. The minimum Gasteiger partial charge on any atom is -0.512 e. The molecule has 35 heavy (non-hydrogen) atoms. The Morgan fingerprint density at radius 3 is 2.46 bits per heavy atom. The number of halogens is 1. The number of hydrogen-bond acceptors (Lipinski definition) is 3. The predicted molar refractivity (Wildman–Crippen MR) is 137 cm³/mol. The summed E-state index contributed by atoms with van der Waals surface area (Å²) < 4.78 is 13.6. The monoisotopic (exact) mass is 647 g/mol. The van der Waals surface area contributed by atoms with E-state index in [0.29, 0.717) is 5.92 Å². The Morgan fingerprint density at radius 2 is 1.80 bits per heavy atom. The summed E-state index contributed by atoms with van der Waals surface area (Å²) in [5.74, 6) is 0.223. The number of aryl methyl sites for hydroxylation is 1.